The van der Waals surface area contributed by atoms with Crippen LogP contribution in [0.15, 0.2) is 23.1 Å². The lowest BCUT2D eigenvalue weighted by Crippen LogP contribution is -2.43. The largest absolute Gasteiger partial charge is 0.465 e. The molecule has 0 aromatic heterocycles. The first kappa shape index (κ1) is 17.3. The SMILES string of the molecule is COC(=O)c1ccc2c(c1)N(C(=O)OC(C)(C)C)CCS2(=O)=O. The maximum absolute atomic E-state index is 12.3. The van der Waals surface area contributed by atoms with E-state index in [9.17, 15) is 18.0 Å². The number of hydrogen-bond donors (Lipinski definition) is 0. The Bertz CT molecular complexity index is 748. The number of methoxy groups -OCH3 is 1. The summed E-state index contributed by atoms with van der Waals surface area (Å²) in [6.07, 6.45) is -0.657. The van der Waals surface area contributed by atoms with Crippen LogP contribution in [0.3, 0.4) is 0 Å². The number of rotatable bonds is 1. The summed E-state index contributed by atoms with van der Waals surface area (Å²) < 4.78 is 34.3. The van der Waals surface area contributed by atoms with Gasteiger partial charge in [-0.15, -0.1) is 0 Å². The van der Waals surface area contributed by atoms with E-state index in [2.05, 4.69) is 4.74 Å². The monoisotopic (exact) mass is 341 g/mol. The molecule has 1 aliphatic rings. The third-order valence-electron chi connectivity index (χ3n) is 3.20. The zero-order valence-corrected chi connectivity index (χ0v) is 14.3. The van der Waals surface area contributed by atoms with Gasteiger partial charge < -0.3 is 9.47 Å². The first-order chi connectivity index (χ1) is 10.5. The van der Waals surface area contributed by atoms with Crippen LogP contribution in [0.4, 0.5) is 10.5 Å². The van der Waals surface area contributed by atoms with Crippen molar-refractivity contribution >= 4 is 27.6 Å². The van der Waals surface area contributed by atoms with Gasteiger partial charge in [0.25, 0.3) is 0 Å². The van der Waals surface area contributed by atoms with Crippen LogP contribution in [0.5, 0.6) is 0 Å². The highest BCUT2D eigenvalue weighted by molar-refractivity contribution is 7.91. The zero-order chi connectivity index (χ0) is 17.4. The van der Waals surface area contributed by atoms with Gasteiger partial charge in [0.1, 0.15) is 5.60 Å². The molecule has 0 atom stereocenters. The summed E-state index contributed by atoms with van der Waals surface area (Å²) in [5.41, 5.74) is -0.418. The number of sulfone groups is 1. The van der Waals surface area contributed by atoms with E-state index in [1.54, 1.807) is 20.8 Å². The third kappa shape index (κ3) is 3.64. The predicted molar refractivity (Wildman–Crippen MR) is 83.4 cm³/mol. The molecule has 1 heterocycles. The number of anilines is 1. The van der Waals surface area contributed by atoms with Gasteiger partial charge in [-0.25, -0.2) is 18.0 Å². The van der Waals surface area contributed by atoms with E-state index >= 15 is 0 Å². The molecular weight excluding hydrogens is 322 g/mol. The standard InChI is InChI=1S/C15H19NO6S/c1-15(2,3)22-14(18)16-7-8-23(19,20)12-6-5-10(9-11(12)16)13(17)21-4/h5-6,9H,7-8H2,1-4H3. The van der Waals surface area contributed by atoms with Gasteiger partial charge in [0.15, 0.2) is 9.84 Å². The Morgan fingerprint density at radius 1 is 1.22 bits per heavy atom. The molecule has 23 heavy (non-hydrogen) atoms. The molecule has 7 nitrogen and oxygen atoms in total. The molecule has 0 unspecified atom stereocenters. The Kier molecular flexibility index (Phi) is 4.39. The average molecular weight is 341 g/mol. The molecule has 0 aliphatic carbocycles. The normalized spacial score (nSPS) is 16.4. The second-order valence-electron chi connectivity index (χ2n) is 6.12. The van der Waals surface area contributed by atoms with Crippen molar-refractivity contribution < 1.29 is 27.5 Å². The minimum absolute atomic E-state index is 0.00209. The molecule has 126 valence electrons. The maximum atomic E-state index is 12.3. The van der Waals surface area contributed by atoms with Crippen molar-refractivity contribution in [3.63, 3.8) is 0 Å². The first-order valence-electron chi connectivity index (χ1n) is 7.01. The lowest BCUT2D eigenvalue weighted by Gasteiger charge is -2.31. The van der Waals surface area contributed by atoms with Crippen LogP contribution in [0.2, 0.25) is 0 Å². The molecule has 0 saturated carbocycles. The molecule has 0 bridgehead atoms. The van der Waals surface area contributed by atoms with Crippen LogP contribution in [0.25, 0.3) is 0 Å². The number of fused-ring (bicyclic) bond motifs is 1. The molecule has 1 amide bonds. The first-order valence-corrected chi connectivity index (χ1v) is 8.66. The van der Waals surface area contributed by atoms with E-state index < -0.39 is 27.5 Å². The van der Waals surface area contributed by atoms with Crippen LogP contribution in [-0.4, -0.2) is 45.5 Å². The highest BCUT2D eigenvalue weighted by Crippen LogP contribution is 2.32. The third-order valence-corrected chi connectivity index (χ3v) is 4.94. The average Bonchev–Trinajstić information content (AvgIpc) is 2.44. The van der Waals surface area contributed by atoms with E-state index in [4.69, 9.17) is 4.74 Å². The summed E-state index contributed by atoms with van der Waals surface area (Å²) >= 11 is 0. The van der Waals surface area contributed by atoms with Gasteiger partial charge in [-0.3, -0.25) is 4.90 Å². The number of ether oxygens (including phenoxy) is 2. The van der Waals surface area contributed by atoms with Crippen molar-refractivity contribution in [2.45, 2.75) is 31.3 Å². The molecule has 0 radical (unpaired) electrons. The van der Waals surface area contributed by atoms with Crippen LogP contribution in [-0.2, 0) is 19.3 Å². The molecule has 8 heteroatoms. The van der Waals surface area contributed by atoms with Crippen molar-refractivity contribution in [2.24, 2.45) is 0 Å². The van der Waals surface area contributed by atoms with Crippen molar-refractivity contribution in [3.05, 3.63) is 23.8 Å². The summed E-state index contributed by atoms with van der Waals surface area (Å²) in [7, 11) is -2.28. The Labute approximate surface area is 135 Å². The minimum atomic E-state index is -3.50. The van der Waals surface area contributed by atoms with E-state index in [-0.39, 0.29) is 28.4 Å². The van der Waals surface area contributed by atoms with Gasteiger partial charge in [0, 0.05) is 6.54 Å². The van der Waals surface area contributed by atoms with Crippen molar-refractivity contribution in [1.29, 1.82) is 0 Å². The number of amides is 1. The smallest absolute Gasteiger partial charge is 0.414 e. The molecule has 0 saturated heterocycles. The summed E-state index contributed by atoms with van der Waals surface area (Å²) in [4.78, 5) is 25.2. The molecule has 0 N–H and O–H groups in total. The van der Waals surface area contributed by atoms with Crippen LogP contribution in [0.1, 0.15) is 31.1 Å². The van der Waals surface area contributed by atoms with Crippen molar-refractivity contribution in [2.75, 3.05) is 24.3 Å². The zero-order valence-electron chi connectivity index (χ0n) is 13.5. The van der Waals surface area contributed by atoms with Gasteiger partial charge >= 0.3 is 12.1 Å². The molecule has 1 aromatic carbocycles. The summed E-state index contributed by atoms with van der Waals surface area (Å²) in [6, 6.07) is 4.01. The second-order valence-corrected chi connectivity index (χ2v) is 8.20. The highest BCUT2D eigenvalue weighted by atomic mass is 32.2. The maximum Gasteiger partial charge on any atom is 0.414 e. The lowest BCUT2D eigenvalue weighted by atomic mass is 10.2. The molecular formula is C15H19NO6S. The summed E-state index contributed by atoms with van der Waals surface area (Å²) in [5, 5.41) is 0. The van der Waals surface area contributed by atoms with E-state index in [1.165, 1.54) is 30.2 Å². The fourth-order valence-electron chi connectivity index (χ4n) is 2.18. The summed E-state index contributed by atoms with van der Waals surface area (Å²) in [6.45, 7) is 5.13. The van der Waals surface area contributed by atoms with E-state index in [0.29, 0.717) is 0 Å². The minimum Gasteiger partial charge on any atom is -0.465 e. The van der Waals surface area contributed by atoms with Crippen molar-refractivity contribution in [1.82, 2.24) is 0 Å². The Hall–Kier alpha value is -2.09. The Balaban J connectivity index is 2.51. The second kappa shape index (κ2) is 5.84. The summed E-state index contributed by atoms with van der Waals surface area (Å²) in [5.74, 6) is -0.809. The van der Waals surface area contributed by atoms with Crippen LogP contribution < -0.4 is 4.90 Å². The Morgan fingerprint density at radius 2 is 1.87 bits per heavy atom. The number of nitrogens with zero attached hydrogens (tertiary/aromatic N) is 1. The van der Waals surface area contributed by atoms with Crippen LogP contribution >= 0.6 is 0 Å². The molecule has 2 rings (SSSR count). The number of benzene rings is 1. The number of carbonyl (C=O) groups excluding carboxylic acids is 2. The van der Waals surface area contributed by atoms with E-state index in [1.807, 2.05) is 0 Å². The van der Waals surface area contributed by atoms with Crippen LogP contribution in [0, 0.1) is 0 Å². The van der Waals surface area contributed by atoms with Gasteiger partial charge in [-0.2, -0.15) is 0 Å². The van der Waals surface area contributed by atoms with E-state index in [0.717, 1.165) is 0 Å². The molecule has 0 spiro atoms. The Morgan fingerprint density at radius 3 is 2.43 bits per heavy atom. The fourth-order valence-corrected chi connectivity index (χ4v) is 3.59. The topological polar surface area (TPSA) is 90.0 Å². The fraction of sp³-hybridized carbons (Fsp3) is 0.467. The number of esters is 1. The quantitative estimate of drug-likeness (QED) is 0.726. The van der Waals surface area contributed by atoms with Crippen molar-refractivity contribution in [3.8, 4) is 0 Å². The molecule has 1 aromatic rings. The molecule has 0 fully saturated rings. The van der Waals surface area contributed by atoms with Gasteiger partial charge in [-0.05, 0) is 39.0 Å². The number of carbonyl (C=O) groups is 2. The lowest BCUT2D eigenvalue weighted by molar-refractivity contribution is 0.0573. The highest BCUT2D eigenvalue weighted by Gasteiger charge is 2.34. The van der Waals surface area contributed by atoms with Gasteiger partial charge in [-0.1, -0.05) is 0 Å². The predicted octanol–water partition coefficient (Wildman–Crippen LogP) is 2.00. The number of hydrogen-bond acceptors (Lipinski definition) is 6. The van der Waals surface area contributed by atoms with Gasteiger partial charge in [0.05, 0.1) is 29.0 Å². The van der Waals surface area contributed by atoms with Gasteiger partial charge in [0.2, 0.25) is 0 Å². The molecule has 1 aliphatic heterocycles.